The molecular weight excluding hydrogens is 420 g/mol. The number of rotatable bonds is 7. The lowest BCUT2D eigenvalue weighted by molar-refractivity contribution is 0.0992. The molecule has 0 fully saturated rings. The number of halogens is 2. The lowest BCUT2D eigenvalue weighted by Gasteiger charge is -2.09. The summed E-state index contributed by atoms with van der Waals surface area (Å²) >= 11 is 0. The first-order chi connectivity index (χ1) is 14.2. The van der Waals surface area contributed by atoms with Gasteiger partial charge in [0.2, 0.25) is 0 Å². The molecule has 30 heavy (non-hydrogen) atoms. The van der Waals surface area contributed by atoms with Crippen molar-refractivity contribution < 1.29 is 36.3 Å². The number of hydrogen-bond donors (Lipinski definition) is 2. The fourth-order valence-electron chi connectivity index (χ4n) is 2.48. The van der Waals surface area contributed by atoms with Crippen molar-refractivity contribution >= 4 is 21.4 Å². The molecule has 10 heteroatoms. The van der Waals surface area contributed by atoms with Crippen LogP contribution in [0.15, 0.2) is 57.8 Å². The Morgan fingerprint density at radius 2 is 1.90 bits per heavy atom. The highest BCUT2D eigenvalue weighted by Crippen LogP contribution is 2.28. The van der Waals surface area contributed by atoms with Gasteiger partial charge in [-0.15, -0.1) is 0 Å². The van der Waals surface area contributed by atoms with E-state index in [0.29, 0.717) is 6.07 Å². The van der Waals surface area contributed by atoms with Gasteiger partial charge in [-0.2, -0.15) is 0 Å². The van der Waals surface area contributed by atoms with E-state index in [-0.39, 0.29) is 46.0 Å². The van der Waals surface area contributed by atoms with Crippen LogP contribution in [0, 0.1) is 11.6 Å². The molecule has 1 amide bonds. The predicted molar refractivity (Wildman–Crippen MR) is 103 cm³/mol. The summed E-state index contributed by atoms with van der Waals surface area (Å²) in [5.74, 6) is -2.95. The smallest absolute Gasteiger partial charge is 0.291 e. The molecule has 1 heterocycles. The Labute approximate surface area is 170 Å². The van der Waals surface area contributed by atoms with Gasteiger partial charge in [-0.25, -0.2) is 17.2 Å². The van der Waals surface area contributed by atoms with Crippen LogP contribution < -0.4 is 10.1 Å². The van der Waals surface area contributed by atoms with Crippen LogP contribution in [0.25, 0.3) is 0 Å². The molecule has 2 N–H and O–H groups in total. The van der Waals surface area contributed by atoms with Gasteiger partial charge in [-0.1, -0.05) is 6.92 Å². The summed E-state index contributed by atoms with van der Waals surface area (Å²) in [7, 11) is -3.53. The van der Waals surface area contributed by atoms with Crippen LogP contribution >= 0.6 is 0 Å². The van der Waals surface area contributed by atoms with E-state index in [1.807, 2.05) is 0 Å². The number of carbonyl (C=O) groups is 1. The summed E-state index contributed by atoms with van der Waals surface area (Å²) in [4.78, 5) is 12.3. The summed E-state index contributed by atoms with van der Waals surface area (Å²) in [5.41, 5.74) is -0.0999. The summed E-state index contributed by atoms with van der Waals surface area (Å²) in [6.45, 7) is 1.26. The standard InChI is InChI=1S/C20H17F2NO6S/c1-2-30(26,27)14-5-6-17(24)16(10-14)23-20(25)19-8-4-13(29-19)11-28-18-7-3-12(21)9-15(18)22/h3-10,24H,2,11H2,1H3,(H,23,25). The second-order valence-electron chi connectivity index (χ2n) is 6.17. The quantitative estimate of drug-likeness (QED) is 0.544. The Kier molecular flexibility index (Phi) is 6.06. The predicted octanol–water partition coefficient (Wildman–Crippen LogP) is 3.89. The molecule has 2 aromatic carbocycles. The van der Waals surface area contributed by atoms with Crippen molar-refractivity contribution in [2.24, 2.45) is 0 Å². The van der Waals surface area contributed by atoms with Crippen LogP contribution in [0.3, 0.4) is 0 Å². The molecule has 3 rings (SSSR count). The number of nitrogens with one attached hydrogen (secondary N) is 1. The zero-order valence-electron chi connectivity index (χ0n) is 15.7. The topological polar surface area (TPSA) is 106 Å². The number of aromatic hydroxyl groups is 1. The van der Waals surface area contributed by atoms with Gasteiger partial charge in [0.1, 0.15) is 23.9 Å². The molecule has 0 radical (unpaired) electrons. The maximum absolute atomic E-state index is 13.6. The molecule has 1 aromatic heterocycles. The number of furan rings is 1. The highest BCUT2D eigenvalue weighted by atomic mass is 32.2. The number of carbonyl (C=O) groups excluding carboxylic acids is 1. The van der Waals surface area contributed by atoms with Gasteiger partial charge in [0.25, 0.3) is 5.91 Å². The fourth-order valence-corrected chi connectivity index (χ4v) is 3.38. The normalized spacial score (nSPS) is 11.3. The lowest BCUT2D eigenvalue weighted by Crippen LogP contribution is -2.12. The number of phenolic OH excluding ortho intramolecular Hbond substituents is 1. The molecule has 0 saturated heterocycles. The van der Waals surface area contributed by atoms with Crippen molar-refractivity contribution in [3.63, 3.8) is 0 Å². The minimum Gasteiger partial charge on any atom is -0.506 e. The maximum atomic E-state index is 13.6. The molecular formula is C20H17F2NO6S. The van der Waals surface area contributed by atoms with Crippen LogP contribution in [0.4, 0.5) is 14.5 Å². The Morgan fingerprint density at radius 1 is 1.13 bits per heavy atom. The molecule has 0 atom stereocenters. The first kappa shape index (κ1) is 21.3. The number of anilines is 1. The Balaban J connectivity index is 1.70. The SMILES string of the molecule is CCS(=O)(=O)c1ccc(O)c(NC(=O)c2ccc(COc3ccc(F)cc3F)o2)c1. The van der Waals surface area contributed by atoms with Crippen LogP contribution in [0.2, 0.25) is 0 Å². The minimum absolute atomic E-state index is 0.0482. The van der Waals surface area contributed by atoms with Crippen molar-refractivity contribution in [3.05, 3.63) is 71.7 Å². The summed E-state index contributed by atoms with van der Waals surface area (Å²) in [5, 5.41) is 12.3. The van der Waals surface area contributed by atoms with Gasteiger partial charge in [-0.05, 0) is 42.5 Å². The zero-order chi connectivity index (χ0) is 21.9. The molecule has 0 unspecified atom stereocenters. The molecule has 3 aromatic rings. The Morgan fingerprint density at radius 3 is 2.60 bits per heavy atom. The summed E-state index contributed by atoms with van der Waals surface area (Å²) in [6.07, 6.45) is 0. The molecule has 0 bridgehead atoms. The minimum atomic E-state index is -3.53. The monoisotopic (exact) mass is 437 g/mol. The van der Waals surface area contributed by atoms with Gasteiger partial charge in [0, 0.05) is 6.07 Å². The van der Waals surface area contributed by atoms with E-state index in [9.17, 15) is 27.1 Å². The van der Waals surface area contributed by atoms with E-state index in [0.717, 1.165) is 24.3 Å². The molecule has 7 nitrogen and oxygen atoms in total. The zero-order valence-corrected chi connectivity index (χ0v) is 16.5. The van der Waals surface area contributed by atoms with E-state index in [1.54, 1.807) is 0 Å². The number of phenols is 1. The summed E-state index contributed by atoms with van der Waals surface area (Å²) < 4.78 is 61.0. The molecule has 0 saturated carbocycles. The third kappa shape index (κ3) is 4.77. The van der Waals surface area contributed by atoms with Crippen molar-refractivity contribution in [2.45, 2.75) is 18.4 Å². The Hall–Kier alpha value is -3.40. The number of amides is 1. The van der Waals surface area contributed by atoms with Crippen LogP contribution in [-0.4, -0.2) is 25.2 Å². The third-order valence-electron chi connectivity index (χ3n) is 4.10. The van der Waals surface area contributed by atoms with Crippen molar-refractivity contribution in [1.82, 2.24) is 0 Å². The average molecular weight is 437 g/mol. The van der Waals surface area contributed by atoms with E-state index >= 15 is 0 Å². The van der Waals surface area contributed by atoms with Gasteiger partial charge in [0.05, 0.1) is 16.3 Å². The number of hydrogen-bond acceptors (Lipinski definition) is 6. The fraction of sp³-hybridized carbons (Fsp3) is 0.150. The van der Waals surface area contributed by atoms with E-state index in [4.69, 9.17) is 9.15 Å². The molecule has 0 aliphatic rings. The van der Waals surface area contributed by atoms with E-state index in [2.05, 4.69) is 5.32 Å². The van der Waals surface area contributed by atoms with Gasteiger partial charge in [0.15, 0.2) is 27.2 Å². The van der Waals surface area contributed by atoms with Crippen LogP contribution in [0.1, 0.15) is 23.2 Å². The molecule has 0 aliphatic heterocycles. The number of sulfone groups is 1. The molecule has 158 valence electrons. The summed E-state index contributed by atoms with van der Waals surface area (Å²) in [6, 6.07) is 9.15. The largest absolute Gasteiger partial charge is 0.506 e. The second-order valence-corrected chi connectivity index (χ2v) is 8.44. The maximum Gasteiger partial charge on any atom is 0.291 e. The number of benzene rings is 2. The average Bonchev–Trinajstić information content (AvgIpc) is 3.18. The second kappa shape index (κ2) is 8.54. The van der Waals surface area contributed by atoms with Crippen molar-refractivity contribution in [1.29, 1.82) is 0 Å². The van der Waals surface area contributed by atoms with Crippen molar-refractivity contribution in [2.75, 3.05) is 11.1 Å². The van der Waals surface area contributed by atoms with Gasteiger partial charge < -0.3 is 19.6 Å². The van der Waals surface area contributed by atoms with Gasteiger partial charge in [-0.3, -0.25) is 4.79 Å². The Bertz CT molecular complexity index is 1190. The highest BCUT2D eigenvalue weighted by Gasteiger charge is 2.18. The first-order valence-corrected chi connectivity index (χ1v) is 10.4. The van der Waals surface area contributed by atoms with E-state index < -0.39 is 27.4 Å². The van der Waals surface area contributed by atoms with Gasteiger partial charge >= 0.3 is 0 Å². The van der Waals surface area contributed by atoms with E-state index in [1.165, 1.54) is 25.1 Å². The van der Waals surface area contributed by atoms with Crippen molar-refractivity contribution in [3.8, 4) is 11.5 Å². The number of ether oxygens (including phenoxy) is 1. The molecule has 0 spiro atoms. The molecule has 0 aliphatic carbocycles. The lowest BCUT2D eigenvalue weighted by atomic mass is 10.3. The third-order valence-corrected chi connectivity index (χ3v) is 5.84. The highest BCUT2D eigenvalue weighted by molar-refractivity contribution is 7.91. The van der Waals surface area contributed by atoms with Crippen LogP contribution in [0.5, 0.6) is 11.5 Å². The first-order valence-electron chi connectivity index (χ1n) is 8.73. The van der Waals surface area contributed by atoms with Crippen LogP contribution in [-0.2, 0) is 16.4 Å².